The van der Waals surface area contributed by atoms with Crippen LogP contribution in [0.15, 0.2) is 33.6 Å². The number of aromatic amines is 1. The van der Waals surface area contributed by atoms with Crippen LogP contribution in [0, 0.1) is 11.3 Å². The molecule has 0 radical (unpaired) electrons. The second-order valence-corrected chi connectivity index (χ2v) is 4.12. The van der Waals surface area contributed by atoms with Gasteiger partial charge in [-0.1, -0.05) is 26.0 Å². The quantitative estimate of drug-likeness (QED) is 0.858. The minimum Gasteiger partial charge on any atom is -0.338 e. The van der Waals surface area contributed by atoms with Gasteiger partial charge >= 0.3 is 5.63 Å². The van der Waals surface area contributed by atoms with Gasteiger partial charge in [-0.05, 0) is 18.1 Å². The van der Waals surface area contributed by atoms with Gasteiger partial charge < -0.3 is 4.52 Å². The SMILES string of the molecule is CC(C)c1c(-c2ccc(C#N)cc2)[nH]oc1=O. The first-order valence-corrected chi connectivity index (χ1v) is 5.35. The van der Waals surface area contributed by atoms with Gasteiger partial charge in [-0.3, -0.25) is 0 Å². The van der Waals surface area contributed by atoms with Crippen molar-refractivity contribution in [3.8, 4) is 17.3 Å². The van der Waals surface area contributed by atoms with Crippen LogP contribution in [0.5, 0.6) is 0 Å². The average molecular weight is 228 g/mol. The van der Waals surface area contributed by atoms with Crippen molar-refractivity contribution >= 4 is 0 Å². The first-order chi connectivity index (χ1) is 8.13. The first-order valence-electron chi connectivity index (χ1n) is 5.35. The Labute approximate surface area is 98.5 Å². The molecule has 4 nitrogen and oxygen atoms in total. The van der Waals surface area contributed by atoms with Crippen molar-refractivity contribution in [2.24, 2.45) is 0 Å². The minimum atomic E-state index is -0.334. The highest BCUT2D eigenvalue weighted by Gasteiger charge is 2.16. The zero-order chi connectivity index (χ0) is 12.4. The Kier molecular flexibility index (Phi) is 2.84. The third kappa shape index (κ3) is 2.00. The van der Waals surface area contributed by atoms with E-state index in [4.69, 9.17) is 9.78 Å². The maximum Gasteiger partial charge on any atom is 0.361 e. The number of nitrogens with one attached hydrogen (secondary N) is 1. The van der Waals surface area contributed by atoms with Gasteiger partial charge in [0, 0.05) is 5.56 Å². The summed E-state index contributed by atoms with van der Waals surface area (Å²) in [6.45, 7) is 3.88. The molecule has 0 aliphatic heterocycles. The molecule has 0 aliphatic carbocycles. The summed E-state index contributed by atoms with van der Waals surface area (Å²) in [4.78, 5) is 11.5. The number of nitrogens with zero attached hydrogens (tertiary/aromatic N) is 1. The van der Waals surface area contributed by atoms with E-state index < -0.39 is 0 Å². The van der Waals surface area contributed by atoms with Gasteiger partial charge in [0.15, 0.2) is 0 Å². The van der Waals surface area contributed by atoms with Crippen LogP contribution in [0.4, 0.5) is 0 Å². The molecule has 86 valence electrons. The lowest BCUT2D eigenvalue weighted by Gasteiger charge is -2.03. The van der Waals surface area contributed by atoms with Gasteiger partial charge in [0.05, 0.1) is 22.9 Å². The summed E-state index contributed by atoms with van der Waals surface area (Å²) in [5, 5.41) is 11.4. The zero-order valence-electron chi connectivity index (χ0n) is 9.65. The van der Waals surface area contributed by atoms with Gasteiger partial charge in [0.2, 0.25) is 0 Å². The Bertz CT molecular complexity index is 612. The van der Waals surface area contributed by atoms with Gasteiger partial charge in [0.1, 0.15) is 0 Å². The summed E-state index contributed by atoms with van der Waals surface area (Å²) in [7, 11) is 0. The van der Waals surface area contributed by atoms with Crippen molar-refractivity contribution in [1.82, 2.24) is 5.16 Å². The van der Waals surface area contributed by atoms with Crippen molar-refractivity contribution < 1.29 is 4.52 Å². The molecule has 1 aromatic carbocycles. The summed E-state index contributed by atoms with van der Waals surface area (Å²) in [6.07, 6.45) is 0. The summed E-state index contributed by atoms with van der Waals surface area (Å²) in [6, 6.07) is 9.07. The van der Waals surface area contributed by atoms with Crippen LogP contribution < -0.4 is 5.63 Å². The van der Waals surface area contributed by atoms with Crippen LogP contribution in [0.25, 0.3) is 11.3 Å². The number of benzene rings is 1. The molecular formula is C13H12N2O2. The third-order valence-electron chi connectivity index (χ3n) is 2.62. The summed E-state index contributed by atoms with van der Waals surface area (Å²) in [5.74, 6) is 0.0862. The topological polar surface area (TPSA) is 69.8 Å². The van der Waals surface area contributed by atoms with E-state index in [9.17, 15) is 4.79 Å². The predicted octanol–water partition coefficient (Wildman–Crippen LogP) is 2.63. The van der Waals surface area contributed by atoms with Crippen molar-refractivity contribution in [3.63, 3.8) is 0 Å². The fourth-order valence-electron chi connectivity index (χ4n) is 1.76. The standard InChI is InChI=1S/C13H12N2O2/c1-8(2)11-12(15-17-13(11)16)10-5-3-9(7-14)4-6-10/h3-6,8,15H,1-2H3. The molecule has 0 bridgehead atoms. The third-order valence-corrected chi connectivity index (χ3v) is 2.62. The van der Waals surface area contributed by atoms with E-state index in [0.717, 1.165) is 5.56 Å². The van der Waals surface area contributed by atoms with Gasteiger partial charge in [-0.15, -0.1) is 0 Å². The zero-order valence-corrected chi connectivity index (χ0v) is 9.65. The molecule has 0 spiro atoms. The maximum absolute atomic E-state index is 11.5. The Balaban J connectivity index is 2.54. The molecular weight excluding hydrogens is 216 g/mol. The number of H-pyrrole nitrogens is 1. The van der Waals surface area contributed by atoms with Crippen LogP contribution in [-0.4, -0.2) is 5.16 Å². The minimum absolute atomic E-state index is 0.0862. The molecule has 17 heavy (non-hydrogen) atoms. The Morgan fingerprint density at radius 1 is 1.29 bits per heavy atom. The molecule has 0 saturated carbocycles. The fourth-order valence-corrected chi connectivity index (χ4v) is 1.76. The lowest BCUT2D eigenvalue weighted by atomic mass is 9.99. The fraction of sp³-hybridized carbons (Fsp3) is 0.231. The van der Waals surface area contributed by atoms with E-state index >= 15 is 0 Å². The lowest BCUT2D eigenvalue weighted by Crippen LogP contribution is -2.04. The predicted molar refractivity (Wildman–Crippen MR) is 63.6 cm³/mol. The molecule has 1 N–H and O–H groups in total. The Morgan fingerprint density at radius 2 is 1.94 bits per heavy atom. The molecule has 0 amide bonds. The highest BCUT2D eigenvalue weighted by Crippen LogP contribution is 2.25. The summed E-state index contributed by atoms with van der Waals surface area (Å²) < 4.78 is 4.82. The van der Waals surface area contributed by atoms with Crippen molar-refractivity contribution in [3.05, 3.63) is 45.8 Å². The van der Waals surface area contributed by atoms with Gasteiger partial charge in [-0.25, -0.2) is 9.95 Å². The highest BCUT2D eigenvalue weighted by atomic mass is 16.5. The van der Waals surface area contributed by atoms with Crippen LogP contribution in [0.1, 0.15) is 30.9 Å². The normalized spacial score (nSPS) is 10.5. The van der Waals surface area contributed by atoms with E-state index in [2.05, 4.69) is 11.2 Å². The van der Waals surface area contributed by atoms with Gasteiger partial charge in [0.25, 0.3) is 0 Å². The van der Waals surface area contributed by atoms with Crippen LogP contribution in [-0.2, 0) is 0 Å². The number of hydrogen-bond donors (Lipinski definition) is 1. The molecule has 1 heterocycles. The maximum atomic E-state index is 11.5. The van der Waals surface area contributed by atoms with E-state index in [-0.39, 0.29) is 11.5 Å². The Hall–Kier alpha value is -2.28. The number of aromatic nitrogens is 1. The molecule has 4 heteroatoms. The summed E-state index contributed by atoms with van der Waals surface area (Å²) >= 11 is 0. The summed E-state index contributed by atoms with van der Waals surface area (Å²) in [5.41, 5.74) is 2.42. The number of nitriles is 1. The van der Waals surface area contributed by atoms with E-state index in [1.807, 2.05) is 13.8 Å². The monoisotopic (exact) mass is 228 g/mol. The molecule has 2 rings (SSSR count). The molecule has 2 aromatic rings. The van der Waals surface area contributed by atoms with Crippen LogP contribution >= 0.6 is 0 Å². The highest BCUT2D eigenvalue weighted by molar-refractivity contribution is 5.63. The molecule has 0 aliphatic rings. The molecule has 0 saturated heterocycles. The number of rotatable bonds is 2. The molecule has 0 atom stereocenters. The second-order valence-electron chi connectivity index (χ2n) is 4.12. The second kappa shape index (κ2) is 4.30. The average Bonchev–Trinajstić information content (AvgIpc) is 2.71. The molecule has 1 aromatic heterocycles. The smallest absolute Gasteiger partial charge is 0.338 e. The van der Waals surface area contributed by atoms with Crippen molar-refractivity contribution in [2.75, 3.05) is 0 Å². The van der Waals surface area contributed by atoms with E-state index in [1.165, 1.54) is 0 Å². The van der Waals surface area contributed by atoms with Gasteiger partial charge in [-0.2, -0.15) is 5.26 Å². The van der Waals surface area contributed by atoms with E-state index in [0.29, 0.717) is 16.8 Å². The largest absolute Gasteiger partial charge is 0.361 e. The Morgan fingerprint density at radius 3 is 2.47 bits per heavy atom. The molecule has 0 fully saturated rings. The number of hydrogen-bond acceptors (Lipinski definition) is 3. The lowest BCUT2D eigenvalue weighted by molar-refractivity contribution is 0.391. The first kappa shape index (κ1) is 11.2. The van der Waals surface area contributed by atoms with Crippen molar-refractivity contribution in [1.29, 1.82) is 5.26 Å². The van der Waals surface area contributed by atoms with Crippen LogP contribution in [0.2, 0.25) is 0 Å². The van der Waals surface area contributed by atoms with E-state index in [1.54, 1.807) is 24.3 Å². The molecule has 0 unspecified atom stereocenters. The van der Waals surface area contributed by atoms with Crippen LogP contribution in [0.3, 0.4) is 0 Å². The van der Waals surface area contributed by atoms with Crippen molar-refractivity contribution in [2.45, 2.75) is 19.8 Å².